The molecule has 1 aliphatic heterocycles. The average Bonchev–Trinajstić information content (AvgIpc) is 3.04. The SMILES string of the molecule is CCOc1ccc(NC(=O)c2ccc(C)c(NC3=C(Cl)C(=O)N(c4cccc(Cl)c4)C3=O)c2)cc1. The van der Waals surface area contributed by atoms with E-state index in [1.807, 2.05) is 6.92 Å². The first kappa shape index (κ1) is 24.3. The minimum Gasteiger partial charge on any atom is -0.494 e. The van der Waals surface area contributed by atoms with Crippen LogP contribution in [0.15, 0.2) is 77.5 Å². The molecule has 0 atom stereocenters. The van der Waals surface area contributed by atoms with Crippen molar-refractivity contribution in [1.29, 1.82) is 0 Å². The Kier molecular flexibility index (Phi) is 7.10. The van der Waals surface area contributed by atoms with Gasteiger partial charge in [0.2, 0.25) is 0 Å². The van der Waals surface area contributed by atoms with Crippen LogP contribution in [0.3, 0.4) is 0 Å². The first-order valence-corrected chi connectivity index (χ1v) is 11.5. The van der Waals surface area contributed by atoms with E-state index < -0.39 is 11.8 Å². The zero-order valence-electron chi connectivity index (χ0n) is 18.9. The summed E-state index contributed by atoms with van der Waals surface area (Å²) in [4.78, 5) is 39.5. The van der Waals surface area contributed by atoms with Gasteiger partial charge in [-0.3, -0.25) is 14.4 Å². The number of carbonyl (C=O) groups is 3. The molecule has 0 bridgehead atoms. The molecule has 0 saturated heterocycles. The van der Waals surface area contributed by atoms with Gasteiger partial charge in [-0.05, 0) is 74.0 Å². The van der Waals surface area contributed by atoms with Gasteiger partial charge in [0.25, 0.3) is 17.7 Å². The van der Waals surface area contributed by atoms with Crippen molar-refractivity contribution in [3.8, 4) is 5.75 Å². The van der Waals surface area contributed by atoms with Crippen LogP contribution in [0, 0.1) is 6.92 Å². The minimum absolute atomic E-state index is 0.0798. The number of hydrogen-bond donors (Lipinski definition) is 2. The summed E-state index contributed by atoms with van der Waals surface area (Å²) in [6.45, 7) is 4.25. The number of ether oxygens (including phenoxy) is 1. The molecule has 3 aromatic carbocycles. The molecule has 3 amide bonds. The number of anilines is 3. The van der Waals surface area contributed by atoms with Crippen molar-refractivity contribution in [2.24, 2.45) is 0 Å². The Morgan fingerprint density at radius 1 is 0.971 bits per heavy atom. The van der Waals surface area contributed by atoms with E-state index in [9.17, 15) is 14.4 Å². The molecule has 178 valence electrons. The number of benzene rings is 3. The summed E-state index contributed by atoms with van der Waals surface area (Å²) in [5.74, 6) is -0.916. The highest BCUT2D eigenvalue weighted by atomic mass is 35.5. The van der Waals surface area contributed by atoms with Crippen molar-refractivity contribution >= 4 is 58.0 Å². The number of rotatable bonds is 7. The standard InChI is InChI=1S/C26H21Cl2N3O4/c1-3-35-20-11-9-18(10-12-20)29-24(32)16-8-7-15(2)21(13-16)30-23-22(28)25(33)31(26(23)34)19-6-4-5-17(27)14-19/h4-14,30H,3H2,1-2H3,(H,29,32). The normalized spacial score (nSPS) is 13.3. The van der Waals surface area contributed by atoms with Crippen molar-refractivity contribution in [3.63, 3.8) is 0 Å². The Morgan fingerprint density at radius 3 is 2.40 bits per heavy atom. The number of halogens is 2. The van der Waals surface area contributed by atoms with Crippen molar-refractivity contribution in [2.45, 2.75) is 13.8 Å². The zero-order chi connectivity index (χ0) is 25.1. The number of aryl methyl sites for hydroxylation is 1. The molecule has 0 aromatic heterocycles. The van der Waals surface area contributed by atoms with E-state index in [2.05, 4.69) is 10.6 Å². The lowest BCUT2D eigenvalue weighted by Crippen LogP contribution is -2.32. The van der Waals surface area contributed by atoms with Gasteiger partial charge in [0, 0.05) is 22.0 Å². The smallest absolute Gasteiger partial charge is 0.283 e. The van der Waals surface area contributed by atoms with E-state index in [1.165, 1.54) is 6.07 Å². The van der Waals surface area contributed by atoms with E-state index in [0.29, 0.717) is 40.0 Å². The molecule has 1 heterocycles. The van der Waals surface area contributed by atoms with E-state index in [4.69, 9.17) is 27.9 Å². The number of imide groups is 1. The average molecular weight is 510 g/mol. The van der Waals surface area contributed by atoms with Crippen LogP contribution in [0.25, 0.3) is 0 Å². The van der Waals surface area contributed by atoms with Gasteiger partial charge in [-0.2, -0.15) is 0 Å². The topological polar surface area (TPSA) is 87.7 Å². The molecule has 0 unspecified atom stereocenters. The van der Waals surface area contributed by atoms with Gasteiger partial charge in [-0.1, -0.05) is 35.3 Å². The maximum atomic E-state index is 13.1. The van der Waals surface area contributed by atoms with Crippen LogP contribution in [0.5, 0.6) is 5.75 Å². The van der Waals surface area contributed by atoms with Gasteiger partial charge in [0.1, 0.15) is 16.5 Å². The van der Waals surface area contributed by atoms with Gasteiger partial charge in [0.15, 0.2) is 0 Å². The molecule has 7 nitrogen and oxygen atoms in total. The van der Waals surface area contributed by atoms with Crippen LogP contribution in [0.1, 0.15) is 22.8 Å². The van der Waals surface area contributed by atoms with E-state index in [-0.39, 0.29) is 16.6 Å². The number of hydrogen-bond acceptors (Lipinski definition) is 5. The highest BCUT2D eigenvalue weighted by Crippen LogP contribution is 2.32. The van der Waals surface area contributed by atoms with Crippen molar-refractivity contribution in [2.75, 3.05) is 22.1 Å². The first-order chi connectivity index (χ1) is 16.8. The van der Waals surface area contributed by atoms with Crippen molar-refractivity contribution in [1.82, 2.24) is 0 Å². The summed E-state index contributed by atoms with van der Waals surface area (Å²) < 4.78 is 5.41. The van der Waals surface area contributed by atoms with Gasteiger partial charge in [-0.15, -0.1) is 0 Å². The monoisotopic (exact) mass is 509 g/mol. The molecule has 35 heavy (non-hydrogen) atoms. The maximum absolute atomic E-state index is 13.1. The van der Waals surface area contributed by atoms with Gasteiger partial charge in [-0.25, -0.2) is 4.90 Å². The molecule has 3 aromatic rings. The molecule has 0 aliphatic carbocycles. The highest BCUT2D eigenvalue weighted by molar-refractivity contribution is 6.53. The third kappa shape index (κ3) is 5.16. The quantitative estimate of drug-likeness (QED) is 0.396. The summed E-state index contributed by atoms with van der Waals surface area (Å²) >= 11 is 12.3. The fourth-order valence-corrected chi connectivity index (χ4v) is 3.90. The van der Waals surface area contributed by atoms with Gasteiger partial charge >= 0.3 is 0 Å². The van der Waals surface area contributed by atoms with E-state index in [0.717, 1.165) is 10.5 Å². The molecule has 2 N–H and O–H groups in total. The first-order valence-electron chi connectivity index (χ1n) is 10.7. The number of nitrogens with one attached hydrogen (secondary N) is 2. The van der Waals surface area contributed by atoms with Crippen LogP contribution in [0.2, 0.25) is 5.02 Å². The Morgan fingerprint density at radius 2 is 1.71 bits per heavy atom. The largest absolute Gasteiger partial charge is 0.494 e. The fourth-order valence-electron chi connectivity index (χ4n) is 3.50. The molecule has 0 saturated carbocycles. The Bertz CT molecular complexity index is 1350. The second-order valence-electron chi connectivity index (χ2n) is 7.68. The molecule has 0 radical (unpaired) electrons. The fraction of sp³-hybridized carbons (Fsp3) is 0.115. The lowest BCUT2D eigenvalue weighted by molar-refractivity contribution is -0.120. The Hall–Kier alpha value is -3.81. The lowest BCUT2D eigenvalue weighted by Gasteiger charge is -2.16. The summed E-state index contributed by atoms with van der Waals surface area (Å²) in [6, 6.07) is 18.4. The lowest BCUT2D eigenvalue weighted by atomic mass is 10.1. The van der Waals surface area contributed by atoms with Crippen LogP contribution < -0.4 is 20.3 Å². The van der Waals surface area contributed by atoms with Crippen molar-refractivity contribution in [3.05, 3.63) is 93.6 Å². The molecule has 0 spiro atoms. The summed E-state index contributed by atoms with van der Waals surface area (Å²) in [5.41, 5.74) is 2.40. The third-order valence-electron chi connectivity index (χ3n) is 5.28. The molecule has 9 heteroatoms. The van der Waals surface area contributed by atoms with Crippen LogP contribution >= 0.6 is 23.2 Å². The number of amides is 3. The zero-order valence-corrected chi connectivity index (χ0v) is 20.4. The second kappa shape index (κ2) is 10.2. The van der Waals surface area contributed by atoms with Gasteiger partial charge < -0.3 is 15.4 Å². The van der Waals surface area contributed by atoms with Crippen molar-refractivity contribution < 1.29 is 19.1 Å². The summed E-state index contributed by atoms with van der Waals surface area (Å²) in [6.07, 6.45) is 0. The molecule has 1 aliphatic rings. The predicted molar refractivity (Wildman–Crippen MR) is 137 cm³/mol. The van der Waals surface area contributed by atoms with E-state index in [1.54, 1.807) is 67.6 Å². The second-order valence-corrected chi connectivity index (χ2v) is 8.50. The minimum atomic E-state index is -0.663. The van der Waals surface area contributed by atoms with Crippen LogP contribution in [0.4, 0.5) is 17.1 Å². The molecule has 4 rings (SSSR count). The number of carbonyl (C=O) groups excluding carboxylic acids is 3. The molecular weight excluding hydrogens is 489 g/mol. The van der Waals surface area contributed by atoms with Gasteiger partial charge in [0.05, 0.1) is 12.3 Å². The maximum Gasteiger partial charge on any atom is 0.283 e. The molecular formula is C26H21Cl2N3O4. The highest BCUT2D eigenvalue weighted by Gasteiger charge is 2.39. The summed E-state index contributed by atoms with van der Waals surface area (Å²) in [5, 5.41) is 5.89. The predicted octanol–water partition coefficient (Wildman–Crippen LogP) is 5.74. The van der Waals surface area contributed by atoms with Crippen LogP contribution in [-0.4, -0.2) is 24.3 Å². The van der Waals surface area contributed by atoms with E-state index >= 15 is 0 Å². The number of nitrogens with zero attached hydrogens (tertiary/aromatic N) is 1. The summed E-state index contributed by atoms with van der Waals surface area (Å²) in [7, 11) is 0. The van der Waals surface area contributed by atoms with Crippen LogP contribution in [-0.2, 0) is 9.59 Å². The third-order valence-corrected chi connectivity index (χ3v) is 5.86. The molecule has 0 fully saturated rings. The Labute approximate surface area is 212 Å². The Balaban J connectivity index is 1.54.